The van der Waals surface area contributed by atoms with Gasteiger partial charge in [0.2, 0.25) is 11.8 Å². The van der Waals surface area contributed by atoms with Crippen LogP contribution >= 0.6 is 0 Å². The second kappa shape index (κ2) is 7.12. The molecule has 6 heteroatoms. The van der Waals surface area contributed by atoms with E-state index in [0.29, 0.717) is 32.7 Å². The average Bonchev–Trinajstić information content (AvgIpc) is 2.37. The van der Waals surface area contributed by atoms with Crippen LogP contribution in [0.3, 0.4) is 0 Å². The molecule has 0 aromatic carbocycles. The van der Waals surface area contributed by atoms with Crippen LogP contribution in [0.15, 0.2) is 0 Å². The molecule has 2 N–H and O–H groups in total. The highest BCUT2D eigenvalue weighted by molar-refractivity contribution is 5.83. The van der Waals surface area contributed by atoms with Crippen LogP contribution in [-0.2, 0) is 9.59 Å². The first-order valence-corrected chi connectivity index (χ1v) is 6.36. The number of piperazine rings is 1. The van der Waals surface area contributed by atoms with E-state index in [9.17, 15) is 9.59 Å². The van der Waals surface area contributed by atoms with Crippen molar-refractivity contribution in [1.29, 1.82) is 0 Å². The number of nitrogens with zero attached hydrogens (tertiary/aromatic N) is 3. The summed E-state index contributed by atoms with van der Waals surface area (Å²) in [6.07, 6.45) is 5.40. The summed E-state index contributed by atoms with van der Waals surface area (Å²) in [6.45, 7) is 2.56. The number of hydrogen-bond donors (Lipinski definition) is 1. The van der Waals surface area contributed by atoms with Crippen molar-refractivity contribution < 1.29 is 9.59 Å². The smallest absolute Gasteiger partial charge is 0.240 e. The van der Waals surface area contributed by atoms with Crippen molar-refractivity contribution in [3.8, 4) is 12.3 Å². The maximum Gasteiger partial charge on any atom is 0.240 e. The van der Waals surface area contributed by atoms with Crippen LogP contribution < -0.4 is 5.73 Å². The van der Waals surface area contributed by atoms with Crippen LogP contribution in [0.2, 0.25) is 0 Å². The van der Waals surface area contributed by atoms with E-state index in [1.54, 1.807) is 9.80 Å². The minimum absolute atomic E-state index is 0.0880. The van der Waals surface area contributed by atoms with Crippen molar-refractivity contribution in [2.24, 2.45) is 5.73 Å². The Morgan fingerprint density at radius 2 is 1.79 bits per heavy atom. The van der Waals surface area contributed by atoms with E-state index < -0.39 is 6.04 Å². The van der Waals surface area contributed by atoms with Gasteiger partial charge in [-0.2, -0.15) is 0 Å². The molecule has 0 radical (unpaired) electrons. The van der Waals surface area contributed by atoms with Gasteiger partial charge in [0.15, 0.2) is 0 Å². The zero-order valence-corrected chi connectivity index (χ0v) is 11.6. The Kier molecular flexibility index (Phi) is 5.80. The summed E-state index contributed by atoms with van der Waals surface area (Å²) in [5.74, 6) is 2.35. The molecule has 0 bridgehead atoms. The van der Waals surface area contributed by atoms with Gasteiger partial charge in [0.1, 0.15) is 0 Å². The maximum atomic E-state index is 11.9. The number of hydrogen-bond acceptors (Lipinski definition) is 4. The SMILES string of the molecule is C#CCC(N)C(=O)N1CCN(C(=O)CN(C)C)CC1. The maximum absolute atomic E-state index is 11.9. The second-order valence-corrected chi connectivity index (χ2v) is 4.96. The fraction of sp³-hybridized carbons (Fsp3) is 0.692. The number of rotatable bonds is 4. The first-order chi connectivity index (χ1) is 8.95. The minimum atomic E-state index is -0.631. The van der Waals surface area contributed by atoms with E-state index in [0.717, 1.165) is 0 Å². The Morgan fingerprint density at radius 1 is 1.26 bits per heavy atom. The summed E-state index contributed by atoms with van der Waals surface area (Å²) in [7, 11) is 3.72. The monoisotopic (exact) mass is 266 g/mol. The van der Waals surface area contributed by atoms with Gasteiger partial charge in [-0.05, 0) is 14.1 Å². The van der Waals surface area contributed by atoms with Crippen LogP contribution in [0, 0.1) is 12.3 Å². The van der Waals surface area contributed by atoms with Gasteiger partial charge in [0, 0.05) is 32.6 Å². The molecule has 0 spiro atoms. The lowest BCUT2D eigenvalue weighted by Gasteiger charge is -2.36. The zero-order chi connectivity index (χ0) is 14.4. The fourth-order valence-electron chi connectivity index (χ4n) is 2.00. The standard InChI is InChI=1S/C13H22N4O2/c1-4-5-11(14)13(19)17-8-6-16(7-9-17)12(18)10-15(2)3/h1,11H,5-10,14H2,2-3H3. The first kappa shape index (κ1) is 15.5. The van der Waals surface area contributed by atoms with Gasteiger partial charge >= 0.3 is 0 Å². The van der Waals surface area contributed by atoms with Crippen molar-refractivity contribution in [1.82, 2.24) is 14.7 Å². The molecule has 1 rings (SSSR count). The fourth-order valence-corrected chi connectivity index (χ4v) is 2.00. The molecule has 1 atom stereocenters. The molecule has 0 aromatic rings. The largest absolute Gasteiger partial charge is 0.338 e. The van der Waals surface area contributed by atoms with E-state index in [1.165, 1.54) is 0 Å². The Morgan fingerprint density at radius 3 is 2.26 bits per heavy atom. The van der Waals surface area contributed by atoms with Crippen LogP contribution in [0.4, 0.5) is 0 Å². The van der Waals surface area contributed by atoms with E-state index in [1.807, 2.05) is 19.0 Å². The van der Waals surface area contributed by atoms with Gasteiger partial charge in [0.05, 0.1) is 12.6 Å². The van der Waals surface area contributed by atoms with Gasteiger partial charge in [-0.25, -0.2) is 0 Å². The lowest BCUT2D eigenvalue weighted by molar-refractivity contribution is -0.140. The summed E-state index contributed by atoms with van der Waals surface area (Å²) < 4.78 is 0. The second-order valence-electron chi connectivity index (χ2n) is 4.96. The predicted octanol–water partition coefficient (Wildman–Crippen LogP) is -1.43. The summed E-state index contributed by atoms with van der Waals surface area (Å²) >= 11 is 0. The molecule has 19 heavy (non-hydrogen) atoms. The number of carbonyl (C=O) groups excluding carboxylic acids is 2. The number of amides is 2. The summed E-state index contributed by atoms with van der Waals surface area (Å²) in [5, 5.41) is 0. The molecule has 106 valence electrons. The van der Waals surface area contributed by atoms with Crippen LogP contribution in [0.25, 0.3) is 0 Å². The summed E-state index contributed by atoms with van der Waals surface area (Å²) in [5.41, 5.74) is 5.70. The van der Waals surface area contributed by atoms with Crippen molar-refractivity contribution in [2.75, 3.05) is 46.8 Å². The molecule has 6 nitrogen and oxygen atoms in total. The minimum Gasteiger partial charge on any atom is -0.338 e. The molecule has 0 aliphatic carbocycles. The Balaban J connectivity index is 2.43. The third-order valence-electron chi connectivity index (χ3n) is 3.05. The highest BCUT2D eigenvalue weighted by atomic mass is 16.2. The van der Waals surface area contributed by atoms with Crippen LogP contribution in [0.1, 0.15) is 6.42 Å². The third-order valence-corrected chi connectivity index (χ3v) is 3.05. The normalized spacial score (nSPS) is 17.2. The van der Waals surface area contributed by atoms with Gasteiger partial charge in [-0.1, -0.05) is 0 Å². The Bertz CT molecular complexity index is 367. The molecular formula is C13H22N4O2. The molecule has 1 fully saturated rings. The van der Waals surface area contributed by atoms with Crippen LogP contribution in [-0.4, -0.2) is 79.4 Å². The molecule has 2 amide bonds. The Hall–Kier alpha value is -1.58. The van der Waals surface area contributed by atoms with E-state index >= 15 is 0 Å². The quantitative estimate of drug-likeness (QED) is 0.633. The number of nitrogens with two attached hydrogens (primary N) is 1. The highest BCUT2D eigenvalue weighted by Crippen LogP contribution is 2.05. The van der Waals surface area contributed by atoms with Gasteiger partial charge < -0.3 is 20.4 Å². The van der Waals surface area contributed by atoms with Crippen molar-refractivity contribution in [2.45, 2.75) is 12.5 Å². The van der Waals surface area contributed by atoms with E-state index in [-0.39, 0.29) is 18.2 Å². The molecule has 1 aliphatic rings. The Labute approximate surface area is 114 Å². The first-order valence-electron chi connectivity index (χ1n) is 6.36. The van der Waals surface area contributed by atoms with Gasteiger partial charge in [-0.3, -0.25) is 9.59 Å². The number of carbonyl (C=O) groups is 2. The highest BCUT2D eigenvalue weighted by Gasteiger charge is 2.26. The molecule has 1 unspecified atom stereocenters. The van der Waals surface area contributed by atoms with Gasteiger partial charge in [-0.15, -0.1) is 12.3 Å². The summed E-state index contributed by atoms with van der Waals surface area (Å²) in [6, 6.07) is -0.631. The molecular weight excluding hydrogens is 244 g/mol. The predicted molar refractivity (Wildman–Crippen MR) is 73.1 cm³/mol. The number of likely N-dealkylation sites (N-methyl/N-ethyl adjacent to an activating group) is 1. The van der Waals surface area contributed by atoms with Gasteiger partial charge in [0.25, 0.3) is 0 Å². The van der Waals surface area contributed by atoms with E-state index in [4.69, 9.17) is 12.2 Å². The van der Waals surface area contributed by atoms with Crippen LogP contribution in [0.5, 0.6) is 0 Å². The molecule has 1 saturated heterocycles. The molecule has 1 aliphatic heterocycles. The van der Waals surface area contributed by atoms with Crippen molar-refractivity contribution in [3.05, 3.63) is 0 Å². The number of terminal acetylenes is 1. The summed E-state index contributed by atoms with van der Waals surface area (Å²) in [4.78, 5) is 29.1. The van der Waals surface area contributed by atoms with E-state index in [2.05, 4.69) is 5.92 Å². The molecule has 1 heterocycles. The van der Waals surface area contributed by atoms with Crippen molar-refractivity contribution in [3.63, 3.8) is 0 Å². The average molecular weight is 266 g/mol. The molecule has 0 saturated carbocycles. The van der Waals surface area contributed by atoms with Crippen molar-refractivity contribution >= 4 is 11.8 Å². The molecule has 0 aromatic heterocycles. The zero-order valence-electron chi connectivity index (χ0n) is 11.6. The lowest BCUT2D eigenvalue weighted by atomic mass is 10.2. The topological polar surface area (TPSA) is 69.9 Å². The third kappa shape index (κ3) is 4.54. The lowest BCUT2D eigenvalue weighted by Crippen LogP contribution is -2.55.